The van der Waals surface area contributed by atoms with Gasteiger partial charge in [0.05, 0.1) is 11.6 Å². The first kappa shape index (κ1) is 24.9. The third-order valence-corrected chi connectivity index (χ3v) is 6.74. The highest BCUT2D eigenvalue weighted by molar-refractivity contribution is 5.79. The Morgan fingerprint density at radius 1 is 0.973 bits per heavy atom. The molecule has 2 unspecified atom stereocenters. The van der Waals surface area contributed by atoms with E-state index < -0.39 is 29.5 Å². The number of carbonyl (C=O) groups excluding carboxylic acids is 1. The number of benzene rings is 2. The minimum Gasteiger partial charge on any atom is -0.334 e. The van der Waals surface area contributed by atoms with Crippen LogP contribution in [0.25, 0.3) is 16.7 Å². The summed E-state index contributed by atoms with van der Waals surface area (Å²) in [5, 5.41) is 2.71. The maximum absolute atomic E-state index is 14.9. The summed E-state index contributed by atoms with van der Waals surface area (Å²) in [6.07, 6.45) is -0.646. The number of halogens is 6. The van der Waals surface area contributed by atoms with Crippen LogP contribution in [-0.4, -0.2) is 28.0 Å². The summed E-state index contributed by atoms with van der Waals surface area (Å²) in [6.45, 7) is -0.0435. The first-order chi connectivity index (χ1) is 17.6. The van der Waals surface area contributed by atoms with Gasteiger partial charge in [-0.25, -0.2) is 9.18 Å². The maximum atomic E-state index is 14.9. The van der Waals surface area contributed by atoms with Gasteiger partial charge in [-0.05, 0) is 59.7 Å². The Balaban J connectivity index is 1.30. The molecule has 37 heavy (non-hydrogen) atoms. The number of urea groups is 1. The summed E-state index contributed by atoms with van der Waals surface area (Å²) in [7, 11) is 0. The molecular weight excluding hydrogens is 496 g/mol. The highest BCUT2D eigenvalue weighted by atomic mass is 19.4. The van der Waals surface area contributed by atoms with Gasteiger partial charge >= 0.3 is 12.2 Å². The number of nitrogens with zero attached hydrogens (tertiary/aromatic N) is 2. The lowest BCUT2D eigenvalue weighted by Gasteiger charge is -2.34. The second kappa shape index (κ2) is 9.57. The number of nitrogens with one attached hydrogen (secondary N) is 1. The topological polar surface area (TPSA) is 45.2 Å². The Kier molecular flexibility index (Phi) is 6.43. The summed E-state index contributed by atoms with van der Waals surface area (Å²) >= 11 is 0. The monoisotopic (exact) mass is 517 g/mol. The average molecular weight is 517 g/mol. The van der Waals surface area contributed by atoms with Crippen LogP contribution in [0.2, 0.25) is 0 Å². The van der Waals surface area contributed by atoms with Crippen molar-refractivity contribution in [3.63, 3.8) is 0 Å². The molecule has 2 bridgehead atoms. The van der Waals surface area contributed by atoms with E-state index in [0.29, 0.717) is 24.0 Å². The Morgan fingerprint density at radius 2 is 1.73 bits per heavy atom. The molecule has 1 fully saturated rings. The fourth-order valence-corrected chi connectivity index (χ4v) is 5.06. The molecule has 1 aromatic heterocycles. The number of fused-ring (bicyclic) bond motifs is 2. The third-order valence-electron chi connectivity index (χ3n) is 6.74. The van der Waals surface area contributed by atoms with E-state index >= 15 is 0 Å². The second-order valence-corrected chi connectivity index (χ2v) is 9.15. The molecule has 2 aliphatic heterocycles. The molecule has 1 N–H and O–H groups in total. The van der Waals surface area contributed by atoms with Gasteiger partial charge in [-0.2, -0.15) is 26.9 Å². The summed E-state index contributed by atoms with van der Waals surface area (Å²) in [6, 6.07) is 10.4. The Hall–Kier alpha value is -3.82. The van der Waals surface area contributed by atoms with Gasteiger partial charge in [0.15, 0.2) is 0 Å². The maximum Gasteiger partial charge on any atom is 0.416 e. The molecule has 192 valence electrons. The van der Waals surface area contributed by atoms with Crippen molar-refractivity contribution in [2.75, 3.05) is 0 Å². The van der Waals surface area contributed by atoms with E-state index in [1.807, 2.05) is 6.08 Å². The van der Waals surface area contributed by atoms with E-state index in [9.17, 15) is 31.1 Å². The molecule has 0 saturated carbocycles. The van der Waals surface area contributed by atoms with Crippen LogP contribution in [0.15, 0.2) is 60.7 Å². The fourth-order valence-electron chi connectivity index (χ4n) is 5.06. The van der Waals surface area contributed by atoms with Gasteiger partial charge in [0.1, 0.15) is 5.82 Å². The number of aromatic nitrogens is 1. The van der Waals surface area contributed by atoms with E-state index in [1.165, 1.54) is 24.3 Å². The van der Waals surface area contributed by atoms with Crippen LogP contribution in [0.4, 0.5) is 31.1 Å². The van der Waals surface area contributed by atoms with Crippen molar-refractivity contribution in [2.24, 2.45) is 0 Å². The minimum absolute atomic E-state index is 0.0374. The summed E-state index contributed by atoms with van der Waals surface area (Å²) in [5.41, 5.74) is 1.11. The van der Waals surface area contributed by atoms with Crippen molar-refractivity contribution in [2.45, 2.75) is 44.1 Å². The minimum atomic E-state index is -4.46. The van der Waals surface area contributed by atoms with Crippen LogP contribution >= 0.6 is 0 Å². The summed E-state index contributed by atoms with van der Waals surface area (Å²) in [5.74, 6) is -2.73. The lowest BCUT2D eigenvalue weighted by atomic mass is 9.93. The highest BCUT2D eigenvalue weighted by Crippen LogP contribution is 2.39. The molecule has 2 aliphatic rings. The molecule has 2 amide bonds. The van der Waals surface area contributed by atoms with Gasteiger partial charge in [0, 0.05) is 30.3 Å². The number of alkyl halides is 3. The number of carbonyl (C=O) groups is 1. The van der Waals surface area contributed by atoms with Crippen LogP contribution in [0.1, 0.15) is 36.0 Å². The first-order valence-electron chi connectivity index (χ1n) is 11.6. The third kappa shape index (κ3) is 5.19. The van der Waals surface area contributed by atoms with E-state index in [0.717, 1.165) is 36.3 Å². The quantitative estimate of drug-likeness (QED) is 0.309. The van der Waals surface area contributed by atoms with Gasteiger partial charge in [-0.15, -0.1) is 0 Å². The zero-order valence-corrected chi connectivity index (χ0v) is 19.3. The first-order valence-corrected chi connectivity index (χ1v) is 11.6. The average Bonchev–Trinajstić information content (AvgIpc) is 3.10. The summed E-state index contributed by atoms with van der Waals surface area (Å²) in [4.78, 5) is 17.6. The van der Waals surface area contributed by atoms with Crippen LogP contribution in [0.3, 0.4) is 0 Å². The van der Waals surface area contributed by atoms with Crippen LogP contribution in [0.5, 0.6) is 0 Å². The molecule has 10 heteroatoms. The molecule has 3 aromatic rings. The van der Waals surface area contributed by atoms with E-state index in [1.54, 1.807) is 11.0 Å². The molecule has 4 nitrogen and oxygen atoms in total. The predicted molar refractivity (Wildman–Crippen MR) is 124 cm³/mol. The number of pyridine rings is 1. The van der Waals surface area contributed by atoms with Crippen molar-refractivity contribution >= 4 is 11.6 Å². The smallest absolute Gasteiger partial charge is 0.334 e. The molecule has 2 aromatic carbocycles. The van der Waals surface area contributed by atoms with Gasteiger partial charge in [0.2, 0.25) is 11.9 Å². The van der Waals surface area contributed by atoms with Crippen LogP contribution in [0, 0.1) is 17.7 Å². The SMILES string of the molecule is O=C(NCc1cccc(C(F)(F)F)c1)N1C2C=C(c3ccc(-c4cc(F)nc(F)c4)c(F)c3)CC1CC2. The lowest BCUT2D eigenvalue weighted by Crippen LogP contribution is -2.48. The lowest BCUT2D eigenvalue weighted by molar-refractivity contribution is -0.137. The predicted octanol–water partition coefficient (Wildman–Crippen LogP) is 6.71. The van der Waals surface area contributed by atoms with Gasteiger partial charge in [-0.3, -0.25) is 0 Å². The number of amides is 2. The number of hydrogen-bond acceptors (Lipinski definition) is 2. The Morgan fingerprint density at radius 3 is 2.41 bits per heavy atom. The molecule has 1 saturated heterocycles. The largest absolute Gasteiger partial charge is 0.416 e. The zero-order valence-electron chi connectivity index (χ0n) is 19.3. The zero-order chi connectivity index (χ0) is 26.3. The second-order valence-electron chi connectivity index (χ2n) is 9.15. The molecule has 0 radical (unpaired) electrons. The number of rotatable bonds is 4. The summed E-state index contributed by atoms with van der Waals surface area (Å²) < 4.78 is 80.7. The molecule has 0 spiro atoms. The highest BCUT2D eigenvalue weighted by Gasteiger charge is 2.39. The Bertz CT molecular complexity index is 1370. The van der Waals surface area contributed by atoms with Crippen molar-refractivity contribution in [1.82, 2.24) is 15.2 Å². The van der Waals surface area contributed by atoms with E-state index in [-0.39, 0.29) is 35.8 Å². The van der Waals surface area contributed by atoms with Crippen molar-refractivity contribution in [3.05, 3.63) is 95.1 Å². The Labute approximate surface area is 208 Å². The van der Waals surface area contributed by atoms with E-state index in [4.69, 9.17) is 0 Å². The van der Waals surface area contributed by atoms with Gasteiger partial charge in [-0.1, -0.05) is 30.3 Å². The normalized spacial score (nSPS) is 19.1. The molecule has 2 atom stereocenters. The standard InChI is InChI=1S/C27H21F6N3O/c28-23-11-16(4-7-22(23)18-12-24(29)35-25(30)13-18)17-9-20-5-6-21(10-17)36(20)26(37)34-14-15-2-1-3-19(8-15)27(31,32)33/h1-4,7-9,11-13,20-21H,5-6,10,14H2,(H,34,37). The number of hydrogen-bond donors (Lipinski definition) is 1. The van der Waals surface area contributed by atoms with Crippen molar-refractivity contribution < 1.29 is 31.1 Å². The van der Waals surface area contributed by atoms with Gasteiger partial charge < -0.3 is 10.2 Å². The molecule has 3 heterocycles. The molecule has 0 aliphatic carbocycles. The van der Waals surface area contributed by atoms with E-state index in [2.05, 4.69) is 10.3 Å². The van der Waals surface area contributed by atoms with Gasteiger partial charge in [0.25, 0.3) is 0 Å². The molecular formula is C27H21F6N3O. The van der Waals surface area contributed by atoms with Crippen molar-refractivity contribution in [3.8, 4) is 11.1 Å². The van der Waals surface area contributed by atoms with Crippen LogP contribution in [-0.2, 0) is 12.7 Å². The van der Waals surface area contributed by atoms with Crippen LogP contribution < -0.4 is 5.32 Å². The fraction of sp³-hybridized carbons (Fsp3) is 0.259. The molecule has 5 rings (SSSR count). The van der Waals surface area contributed by atoms with Crippen molar-refractivity contribution in [1.29, 1.82) is 0 Å².